The minimum Gasteiger partial charge on any atom is -0.355 e. The average Bonchev–Trinajstić information content (AvgIpc) is 3.42. The summed E-state index contributed by atoms with van der Waals surface area (Å²) < 4.78 is 0. The van der Waals surface area contributed by atoms with Gasteiger partial charge in [0.15, 0.2) is 0 Å². The fraction of sp³-hybridized carbons (Fsp3) is 0.429. The van der Waals surface area contributed by atoms with Crippen LogP contribution in [0.15, 0.2) is 54.9 Å². The van der Waals surface area contributed by atoms with E-state index in [9.17, 15) is 4.79 Å². The van der Waals surface area contributed by atoms with Gasteiger partial charge in [-0.3, -0.25) is 9.69 Å². The molecule has 1 aromatic carbocycles. The molecule has 3 N–H and O–H groups in total. The molecule has 208 valence electrons. The Hall–Kier alpha value is -2.92. The van der Waals surface area contributed by atoms with E-state index in [1.165, 1.54) is 0 Å². The van der Waals surface area contributed by atoms with Gasteiger partial charge in [0.2, 0.25) is 11.9 Å². The van der Waals surface area contributed by atoms with Gasteiger partial charge in [0.05, 0.1) is 12.2 Å². The van der Waals surface area contributed by atoms with E-state index >= 15 is 0 Å². The van der Waals surface area contributed by atoms with Crippen molar-refractivity contribution in [2.45, 2.75) is 31.2 Å². The summed E-state index contributed by atoms with van der Waals surface area (Å²) >= 11 is 5.96. The molecule has 0 saturated carbocycles. The Morgan fingerprint density at radius 3 is 2.77 bits per heavy atom. The molecule has 11 heteroatoms. The first-order valence-electron chi connectivity index (χ1n) is 13.4. The molecule has 2 aromatic heterocycles. The summed E-state index contributed by atoms with van der Waals surface area (Å²) in [6.07, 6.45) is 6.79. The summed E-state index contributed by atoms with van der Waals surface area (Å²) in [4.78, 5) is 30.7. The molecule has 2 fully saturated rings. The molecule has 2 aliphatic rings. The zero-order valence-electron chi connectivity index (χ0n) is 22.1. The van der Waals surface area contributed by atoms with Crippen LogP contribution in [0.25, 0.3) is 11.3 Å². The number of alkyl halides is 1. The number of hydrogen-bond donors (Lipinski definition) is 3. The first kappa shape index (κ1) is 29.1. The van der Waals surface area contributed by atoms with Crippen LogP contribution in [-0.4, -0.2) is 77.6 Å². The highest BCUT2D eigenvalue weighted by Gasteiger charge is 2.25. The van der Waals surface area contributed by atoms with Crippen LogP contribution in [0.5, 0.6) is 0 Å². The van der Waals surface area contributed by atoms with Crippen LogP contribution in [0, 0.1) is 0 Å². The quantitative estimate of drug-likeness (QED) is 0.320. The number of carbonyl (C=O) groups is 1. The molecule has 4 heterocycles. The van der Waals surface area contributed by atoms with Gasteiger partial charge in [0, 0.05) is 74.8 Å². The normalized spacial score (nSPS) is 17.5. The molecule has 0 radical (unpaired) electrons. The molecular weight excluding hydrogens is 532 g/mol. The zero-order chi connectivity index (χ0) is 26.2. The molecule has 39 heavy (non-hydrogen) atoms. The van der Waals surface area contributed by atoms with Crippen molar-refractivity contribution in [2.24, 2.45) is 0 Å². The molecule has 0 spiro atoms. The van der Waals surface area contributed by atoms with Gasteiger partial charge in [-0.15, -0.1) is 11.6 Å². The Morgan fingerprint density at radius 1 is 1.10 bits per heavy atom. The minimum absolute atomic E-state index is 0. The Labute approximate surface area is 242 Å². The number of hydrogen-bond acceptors (Lipinski definition) is 8. The number of aromatic nitrogens is 3. The lowest BCUT2D eigenvalue weighted by Gasteiger charge is -2.27. The van der Waals surface area contributed by atoms with Gasteiger partial charge in [-0.2, -0.15) is 13.5 Å². The van der Waals surface area contributed by atoms with E-state index in [2.05, 4.69) is 47.9 Å². The second-order valence-corrected chi connectivity index (χ2v) is 10.1. The highest BCUT2D eigenvalue weighted by atomic mass is 35.5. The summed E-state index contributed by atoms with van der Waals surface area (Å²) in [6, 6.07) is 14.3. The number of benzene rings is 1. The molecule has 3 aromatic rings. The third-order valence-corrected chi connectivity index (χ3v) is 7.39. The third kappa shape index (κ3) is 8.04. The maximum Gasteiger partial charge on any atom is 0.234 e. The van der Waals surface area contributed by atoms with Gasteiger partial charge in [0.1, 0.15) is 5.82 Å². The Bertz CT molecular complexity index is 1210. The first-order valence-corrected chi connectivity index (χ1v) is 13.9. The van der Waals surface area contributed by atoms with Gasteiger partial charge in [-0.25, -0.2) is 15.0 Å². The lowest BCUT2D eigenvalue weighted by Crippen LogP contribution is -2.47. The fourth-order valence-corrected chi connectivity index (χ4v) is 5.26. The minimum atomic E-state index is 0. The number of halogens is 1. The lowest BCUT2D eigenvalue weighted by molar-refractivity contribution is -0.122. The van der Waals surface area contributed by atoms with E-state index in [1.54, 1.807) is 6.20 Å². The van der Waals surface area contributed by atoms with Crippen LogP contribution in [-0.2, 0) is 10.7 Å². The highest BCUT2D eigenvalue weighted by molar-refractivity contribution is 7.59. The molecule has 1 atom stereocenters. The van der Waals surface area contributed by atoms with E-state index in [0.717, 1.165) is 80.3 Å². The number of nitrogens with one attached hydrogen (secondary N) is 3. The predicted molar refractivity (Wildman–Crippen MR) is 162 cm³/mol. The number of amides is 1. The van der Waals surface area contributed by atoms with E-state index in [4.69, 9.17) is 16.6 Å². The topological polar surface area (TPSA) is 98.3 Å². The number of rotatable bonds is 10. The van der Waals surface area contributed by atoms with Crippen molar-refractivity contribution in [1.29, 1.82) is 0 Å². The molecule has 0 bridgehead atoms. The van der Waals surface area contributed by atoms with Crippen molar-refractivity contribution in [3.05, 3.63) is 60.4 Å². The van der Waals surface area contributed by atoms with Crippen molar-refractivity contribution in [3.8, 4) is 11.3 Å². The van der Waals surface area contributed by atoms with Crippen LogP contribution in [0.2, 0.25) is 0 Å². The number of pyridine rings is 1. The van der Waals surface area contributed by atoms with Crippen LogP contribution >= 0.6 is 25.1 Å². The second kappa shape index (κ2) is 14.5. The Balaban J connectivity index is 0.00000353. The van der Waals surface area contributed by atoms with Crippen LogP contribution in [0.1, 0.15) is 24.8 Å². The standard InChI is InChI=1S/C28H35ClN8O.H2S/c29-18-21-3-1-4-23(17-21)34-28-32-11-9-25(35-28)22-6-7-26(33-19-22)37-14-2-5-24(37)8-10-31-27(38)20-36-15-12-30-13-16-36;/h1,3-4,6-7,9,11,17,19,24,30H,2,5,8,10,12-16,18,20H2,(H,31,38)(H,32,34,35);1H2. The SMILES string of the molecule is O=C(CN1CCNCC1)NCCC1CCCN1c1ccc(-c2ccnc(Nc3cccc(CCl)c3)n2)cn1.S. The van der Waals surface area contributed by atoms with Gasteiger partial charge in [-0.05, 0) is 55.2 Å². The van der Waals surface area contributed by atoms with Gasteiger partial charge in [-0.1, -0.05) is 12.1 Å². The van der Waals surface area contributed by atoms with Gasteiger partial charge >= 0.3 is 0 Å². The monoisotopic (exact) mass is 568 g/mol. The maximum atomic E-state index is 12.3. The number of anilines is 3. The maximum absolute atomic E-state index is 12.3. The van der Waals surface area contributed by atoms with E-state index < -0.39 is 0 Å². The summed E-state index contributed by atoms with van der Waals surface area (Å²) in [5.41, 5.74) is 3.67. The van der Waals surface area contributed by atoms with Crippen molar-refractivity contribution >= 4 is 48.5 Å². The molecule has 1 unspecified atom stereocenters. The van der Waals surface area contributed by atoms with Crippen molar-refractivity contribution in [2.75, 3.05) is 56.0 Å². The lowest BCUT2D eigenvalue weighted by atomic mass is 10.1. The van der Waals surface area contributed by atoms with Crippen LogP contribution in [0.3, 0.4) is 0 Å². The first-order chi connectivity index (χ1) is 18.7. The van der Waals surface area contributed by atoms with Crippen LogP contribution < -0.4 is 20.9 Å². The van der Waals surface area contributed by atoms with E-state index in [-0.39, 0.29) is 19.4 Å². The number of piperazine rings is 1. The second-order valence-electron chi connectivity index (χ2n) is 9.78. The van der Waals surface area contributed by atoms with Gasteiger partial charge in [0.25, 0.3) is 0 Å². The smallest absolute Gasteiger partial charge is 0.234 e. The fourth-order valence-electron chi connectivity index (χ4n) is 5.09. The molecule has 2 aliphatic heterocycles. The largest absolute Gasteiger partial charge is 0.355 e. The summed E-state index contributed by atoms with van der Waals surface area (Å²) in [5.74, 6) is 2.06. The molecular formula is C28H37ClN8OS. The molecule has 9 nitrogen and oxygen atoms in total. The number of nitrogens with zero attached hydrogens (tertiary/aromatic N) is 5. The van der Waals surface area contributed by atoms with Gasteiger partial charge < -0.3 is 20.9 Å². The van der Waals surface area contributed by atoms with E-state index in [1.807, 2.05) is 36.5 Å². The average molecular weight is 569 g/mol. The Kier molecular flexibility index (Phi) is 10.8. The van der Waals surface area contributed by atoms with Crippen molar-refractivity contribution in [3.63, 3.8) is 0 Å². The summed E-state index contributed by atoms with van der Waals surface area (Å²) in [5, 5.41) is 9.69. The number of carbonyl (C=O) groups excluding carboxylic acids is 1. The summed E-state index contributed by atoms with van der Waals surface area (Å²) in [6.45, 7) is 5.92. The predicted octanol–water partition coefficient (Wildman–Crippen LogP) is 3.51. The van der Waals surface area contributed by atoms with Crippen LogP contribution in [0.4, 0.5) is 17.5 Å². The third-order valence-electron chi connectivity index (χ3n) is 7.08. The molecule has 2 saturated heterocycles. The summed E-state index contributed by atoms with van der Waals surface area (Å²) in [7, 11) is 0. The molecule has 1 amide bonds. The van der Waals surface area contributed by atoms with Crippen molar-refractivity contribution in [1.82, 2.24) is 30.5 Å². The highest BCUT2D eigenvalue weighted by Crippen LogP contribution is 2.27. The molecule has 5 rings (SSSR count). The zero-order valence-corrected chi connectivity index (χ0v) is 23.8. The Morgan fingerprint density at radius 2 is 1.97 bits per heavy atom. The van der Waals surface area contributed by atoms with Crippen molar-refractivity contribution < 1.29 is 4.79 Å². The van der Waals surface area contributed by atoms with E-state index in [0.29, 0.717) is 31.0 Å². The molecule has 0 aliphatic carbocycles.